The highest BCUT2D eigenvalue weighted by Gasteiger charge is 2.34. The molecule has 2 N–H and O–H groups in total. The zero-order valence-electron chi connectivity index (χ0n) is 83.5. The average molecular weight is 1790 g/mol. The molecule has 0 spiro atoms. The van der Waals surface area contributed by atoms with Gasteiger partial charge < -0.3 is 49.6 Å². The Morgan fingerprint density at radius 1 is 0.419 bits per heavy atom. The van der Waals surface area contributed by atoms with Gasteiger partial charge >= 0.3 is 0 Å². The number of likely N-dealkylation sites (tertiary alicyclic amines) is 1. The van der Waals surface area contributed by atoms with E-state index >= 15 is 0 Å². The number of hydrogen-bond donors (Lipinski definition) is 2. The first-order valence-corrected chi connectivity index (χ1v) is 50.7. The van der Waals surface area contributed by atoms with Crippen molar-refractivity contribution in [2.75, 3.05) is 139 Å². The monoisotopic (exact) mass is 1780 g/mol. The number of pyridine rings is 3. The fourth-order valence-electron chi connectivity index (χ4n) is 19.8. The minimum absolute atomic E-state index is 0.125. The smallest absolute Gasteiger partial charge is 0.132 e. The van der Waals surface area contributed by atoms with Crippen molar-refractivity contribution in [1.29, 1.82) is 0 Å². The third-order valence-electron chi connectivity index (χ3n) is 28.9. The van der Waals surface area contributed by atoms with Crippen molar-refractivity contribution >= 4 is 58.0 Å². The fraction of sp³-hybridized carbons (Fsp3) is 0.622. The van der Waals surface area contributed by atoms with Crippen LogP contribution in [0.3, 0.4) is 0 Å². The Hall–Kier alpha value is -8.28. The number of para-hydroxylation sites is 3. The van der Waals surface area contributed by atoms with E-state index in [0.717, 1.165) is 195 Å². The summed E-state index contributed by atoms with van der Waals surface area (Å²) in [7, 11) is 0. The zero-order valence-corrected chi connectivity index (χ0v) is 84.3. The van der Waals surface area contributed by atoms with Crippen molar-refractivity contribution in [1.82, 2.24) is 35.1 Å². The van der Waals surface area contributed by atoms with Gasteiger partial charge in [-0.25, -0.2) is 24.3 Å². The molecule has 7 aromatic rings. The first-order valence-electron chi connectivity index (χ1n) is 50.3. The van der Waals surface area contributed by atoms with E-state index in [2.05, 4.69) is 309 Å². The van der Waals surface area contributed by atoms with Gasteiger partial charge in [0.05, 0.1) is 24.3 Å². The van der Waals surface area contributed by atoms with E-state index in [9.17, 15) is 9.50 Å². The van der Waals surface area contributed by atoms with Crippen molar-refractivity contribution in [2.45, 2.75) is 241 Å². The molecule has 0 radical (unpaired) electrons. The number of aromatic nitrogens is 5. The van der Waals surface area contributed by atoms with E-state index < -0.39 is 6.17 Å². The molecule has 0 aliphatic carbocycles. The van der Waals surface area contributed by atoms with E-state index in [0.29, 0.717) is 35.4 Å². The number of rotatable bonds is 17. The van der Waals surface area contributed by atoms with Gasteiger partial charge in [0.1, 0.15) is 35.1 Å². The topological polar surface area (TPSA) is 135 Å². The molecule has 8 saturated heterocycles. The van der Waals surface area contributed by atoms with Crippen LogP contribution in [0.15, 0.2) is 187 Å². The van der Waals surface area contributed by atoms with Gasteiger partial charge in [-0.15, -0.1) is 0 Å². The maximum atomic E-state index is 13.7. The Labute approximate surface area is 787 Å². The molecule has 4 aromatic heterocycles. The fourth-order valence-corrected chi connectivity index (χ4v) is 19.9. The van der Waals surface area contributed by atoms with Gasteiger partial charge in [0, 0.05) is 175 Å². The molecule has 16 rings (SSSR count). The first kappa shape index (κ1) is 104. The minimum atomic E-state index is -0.679. The predicted octanol–water partition coefficient (Wildman–Crippen LogP) is 25.2. The molecule has 16 nitrogen and oxygen atoms in total. The number of halogens is 2. The number of anilines is 7. The molecule has 18 heteroatoms. The molecule has 710 valence electrons. The summed E-state index contributed by atoms with van der Waals surface area (Å²) in [5.74, 6) is 15.6. The molecule has 8 fully saturated rings. The Morgan fingerprint density at radius 3 is 1.34 bits per heavy atom. The number of nitrogens with one attached hydrogen (secondary N) is 1. The minimum Gasteiger partial charge on any atom is -0.393 e. The summed E-state index contributed by atoms with van der Waals surface area (Å²) in [6, 6.07) is 48.1. The van der Waals surface area contributed by atoms with Gasteiger partial charge in [-0.05, 0) is 271 Å². The van der Waals surface area contributed by atoms with Gasteiger partial charge in [-0.1, -0.05) is 203 Å². The number of aryl methyl sites for hydroxylation is 3. The number of aliphatic imine (C=N–C) groups is 1. The van der Waals surface area contributed by atoms with E-state index in [1.54, 1.807) is 12.7 Å². The van der Waals surface area contributed by atoms with Crippen LogP contribution in [-0.2, 0) is 6.42 Å². The number of hydrogen-bond acceptors (Lipinski definition) is 16. The Bertz CT molecular complexity index is 4200. The number of nitrogens with zero attached hydrogens (tertiary/aromatic N) is 14. The van der Waals surface area contributed by atoms with Crippen LogP contribution in [0.5, 0.6) is 0 Å². The largest absolute Gasteiger partial charge is 0.393 e. The van der Waals surface area contributed by atoms with Gasteiger partial charge in [-0.3, -0.25) is 9.97 Å². The SMILES string of the molecule is C=C1C=C(N2CCCC(C(C)C)C2)N=CN1.CC(C)C1CC(F)CN(c2ccccc2)C1.CC(C)C1CCCN(c2cccc(Cl)n2)C1.CC(C)C1CN(c2ccccc2)CCC1O.CC1CC(C(C)C)CN(c2ccccc2)C1.CCc1cc(N2CCCC(C(C)C)C2)ccn1.Cc1cc(N2CCCC(C(C)C)C2)ncn1.Cc1ccc(N2CCCC(C(C)C)C2)cn1. The van der Waals surface area contributed by atoms with E-state index in [1.807, 2.05) is 68.7 Å². The van der Waals surface area contributed by atoms with E-state index in [1.165, 1.54) is 138 Å². The van der Waals surface area contributed by atoms with Crippen molar-refractivity contribution in [3.05, 3.63) is 205 Å². The lowest BCUT2D eigenvalue weighted by molar-refractivity contribution is 0.0639. The highest BCUT2D eigenvalue weighted by atomic mass is 35.5. The van der Waals surface area contributed by atoms with Crippen LogP contribution < -0.4 is 39.6 Å². The summed E-state index contributed by atoms with van der Waals surface area (Å²) in [6.45, 7) is 66.7. The van der Waals surface area contributed by atoms with Crippen LogP contribution in [0.2, 0.25) is 5.15 Å². The van der Waals surface area contributed by atoms with Gasteiger partial charge in [0.2, 0.25) is 0 Å². The molecular weight excluding hydrogens is 1610 g/mol. The van der Waals surface area contributed by atoms with Crippen LogP contribution in [0.25, 0.3) is 0 Å². The number of benzene rings is 3. The van der Waals surface area contributed by atoms with Crippen LogP contribution >= 0.6 is 11.6 Å². The summed E-state index contributed by atoms with van der Waals surface area (Å²) in [5.41, 5.74) is 10.7. The molecule has 0 bridgehead atoms. The Morgan fingerprint density at radius 2 is 0.868 bits per heavy atom. The standard InChI is InChI=1S/C15H24N2.C15H23N.C14H20FN.C14H22N2.C14H21NO.C13H19ClN2.2C13H21N3/c1-4-14-10-15(7-8-16-14)17-9-5-6-13(11-17)12(2)3;1-12(2)14-9-13(3)10-16(11-14)15-7-5-4-6-8-15;1-11(2)12-8-13(15)10-16(9-12)14-6-4-3-5-7-14;1-11(2)13-5-4-8-16(10-13)14-7-6-12(3)15-9-14;1-11(2)13-10-15(9-8-14(13)16)12-6-4-3-5-7-12;1-10(2)11-5-4-8-16(9-11)13-7-3-6-12(14)15-13;2*1-10(2)12-5-4-6-16(8-12)13-7-11(3)14-9-15-13/h7-8,10,12-13H,4-6,9,11H2,1-3H3;4-8,12-14H,9-11H2,1-3H3;3-7,11-13H,8-10H2,1-2H3;6-7,9,11,13H,4-5,8,10H2,1-3H3;3-7,11,13-14,16H,8-10H2,1-2H3;3,6-7,10-11H,4-5,8-9H2,1-2H3;7,9-10,12H,4-6,8H2,1-3H3;7,9-10,12H,3-6,8H2,1-2H3,(H,14,15). The average Bonchev–Trinajstić information content (AvgIpc) is 0.817. The zero-order chi connectivity index (χ0) is 93.1. The third kappa shape index (κ3) is 34.7. The molecule has 0 amide bonds. The van der Waals surface area contributed by atoms with Gasteiger partial charge in [0.15, 0.2) is 0 Å². The molecular formula is C111H171ClFN15O. The Kier molecular flexibility index (Phi) is 43.7. The van der Waals surface area contributed by atoms with Crippen LogP contribution in [0, 0.1) is 114 Å². The molecule has 9 aliphatic rings. The van der Waals surface area contributed by atoms with Crippen molar-refractivity contribution in [3.63, 3.8) is 0 Å². The van der Waals surface area contributed by atoms with Crippen molar-refractivity contribution in [2.24, 2.45) is 106 Å². The summed E-state index contributed by atoms with van der Waals surface area (Å²) < 4.78 is 13.7. The lowest BCUT2D eigenvalue weighted by Gasteiger charge is -2.39. The van der Waals surface area contributed by atoms with Gasteiger partial charge in [-0.2, -0.15) is 0 Å². The highest BCUT2D eigenvalue weighted by Crippen LogP contribution is 2.37. The normalized spacial score (nSPS) is 23.7. The summed E-state index contributed by atoms with van der Waals surface area (Å²) in [5, 5.41) is 13.6. The number of piperidine rings is 8. The van der Waals surface area contributed by atoms with Crippen LogP contribution in [0.4, 0.5) is 44.5 Å². The summed E-state index contributed by atoms with van der Waals surface area (Å²) >= 11 is 5.93. The highest BCUT2D eigenvalue weighted by molar-refractivity contribution is 6.29. The van der Waals surface area contributed by atoms with Crippen molar-refractivity contribution in [3.8, 4) is 0 Å². The number of allylic oxidation sites excluding steroid dienone is 1. The molecule has 11 atom stereocenters. The lowest BCUT2D eigenvalue weighted by atomic mass is 9.83. The molecule has 13 heterocycles. The molecule has 9 aliphatic heterocycles. The van der Waals surface area contributed by atoms with Crippen molar-refractivity contribution < 1.29 is 9.50 Å². The first-order chi connectivity index (χ1) is 61.9. The maximum absolute atomic E-state index is 13.7. The Balaban J connectivity index is 0.000000166. The number of aliphatic hydroxyl groups is 1. The van der Waals surface area contributed by atoms with Crippen LogP contribution in [-0.4, -0.2) is 158 Å². The quantitative estimate of drug-likeness (QED) is 0.0837. The maximum Gasteiger partial charge on any atom is 0.132 e. The number of aliphatic hydroxyl groups excluding tert-OH is 1. The van der Waals surface area contributed by atoms with E-state index in [-0.39, 0.29) is 6.10 Å². The lowest BCUT2D eigenvalue weighted by Crippen LogP contribution is -2.45. The summed E-state index contributed by atoms with van der Waals surface area (Å²) in [4.78, 5) is 45.4. The predicted molar refractivity (Wildman–Crippen MR) is 551 cm³/mol. The second kappa shape index (κ2) is 54.0. The molecule has 11 unspecified atom stereocenters. The molecule has 3 aromatic carbocycles. The van der Waals surface area contributed by atoms with Crippen LogP contribution in [0.1, 0.15) is 225 Å². The second-order valence-electron chi connectivity index (χ2n) is 41.5. The van der Waals surface area contributed by atoms with E-state index in [4.69, 9.17) is 11.6 Å². The third-order valence-corrected chi connectivity index (χ3v) is 29.1. The number of alkyl halides is 1. The molecule has 0 saturated carbocycles. The molecule has 129 heavy (non-hydrogen) atoms. The summed E-state index contributed by atoms with van der Waals surface area (Å²) in [6.07, 6.45) is 25.9. The van der Waals surface area contributed by atoms with Gasteiger partial charge in [0.25, 0.3) is 0 Å². The second-order valence-corrected chi connectivity index (χ2v) is 41.8.